The van der Waals surface area contributed by atoms with Crippen molar-refractivity contribution in [3.63, 3.8) is 0 Å². The molecule has 0 aliphatic carbocycles. The highest BCUT2D eigenvalue weighted by Gasteiger charge is 2.24. The Morgan fingerprint density at radius 2 is 1.88 bits per heavy atom. The molecular formula is C11H10BrO4-. The van der Waals surface area contributed by atoms with Gasteiger partial charge in [-0.25, -0.2) is 0 Å². The Kier molecular flexibility index (Phi) is 4.49. The molecule has 0 amide bonds. The molecule has 2 unspecified atom stereocenters. The number of carbonyl (C=O) groups is 2. The highest BCUT2D eigenvalue weighted by Crippen LogP contribution is 2.26. The van der Waals surface area contributed by atoms with Crippen molar-refractivity contribution in [2.45, 2.75) is 17.9 Å². The third-order valence-electron chi connectivity index (χ3n) is 1.91. The van der Waals surface area contributed by atoms with Gasteiger partial charge in [0.05, 0.1) is 10.8 Å². The molecule has 0 aliphatic rings. The molecule has 0 bridgehead atoms. The Morgan fingerprint density at radius 1 is 1.31 bits per heavy atom. The van der Waals surface area contributed by atoms with Crippen LogP contribution in [-0.2, 0) is 14.3 Å². The second-order valence-corrected chi connectivity index (χ2v) is 4.15. The molecule has 0 radical (unpaired) electrons. The van der Waals surface area contributed by atoms with Crippen molar-refractivity contribution in [2.24, 2.45) is 0 Å². The van der Waals surface area contributed by atoms with Gasteiger partial charge in [0.2, 0.25) is 0 Å². The van der Waals surface area contributed by atoms with E-state index in [-0.39, 0.29) is 0 Å². The molecule has 16 heavy (non-hydrogen) atoms. The number of esters is 1. The number of hydrogen-bond donors (Lipinski definition) is 0. The molecule has 0 N–H and O–H groups in total. The van der Waals surface area contributed by atoms with E-state index in [2.05, 4.69) is 15.9 Å². The van der Waals surface area contributed by atoms with Gasteiger partial charge < -0.3 is 14.6 Å². The van der Waals surface area contributed by atoms with Gasteiger partial charge in [-0.3, -0.25) is 4.79 Å². The molecule has 0 saturated heterocycles. The lowest BCUT2D eigenvalue weighted by Gasteiger charge is -2.23. The topological polar surface area (TPSA) is 66.4 Å². The third kappa shape index (κ3) is 3.34. The van der Waals surface area contributed by atoms with E-state index in [1.54, 1.807) is 30.3 Å². The number of carboxylic acid groups (broad SMARTS) is 1. The smallest absolute Gasteiger partial charge is 0.303 e. The molecule has 0 fully saturated rings. The Morgan fingerprint density at radius 3 is 2.31 bits per heavy atom. The van der Waals surface area contributed by atoms with Gasteiger partial charge in [-0.15, -0.1) is 0 Å². The Hall–Kier alpha value is -1.36. The van der Waals surface area contributed by atoms with Crippen LogP contribution in [0.1, 0.15) is 18.6 Å². The van der Waals surface area contributed by atoms with E-state index in [0.717, 1.165) is 0 Å². The minimum atomic E-state index is -1.32. The van der Waals surface area contributed by atoms with Crippen molar-refractivity contribution < 1.29 is 19.4 Å². The van der Waals surface area contributed by atoms with Crippen LogP contribution in [0.2, 0.25) is 0 Å². The van der Waals surface area contributed by atoms with E-state index < -0.39 is 22.9 Å². The monoisotopic (exact) mass is 285 g/mol. The van der Waals surface area contributed by atoms with Crippen LogP contribution < -0.4 is 5.11 Å². The summed E-state index contributed by atoms with van der Waals surface area (Å²) in [5.41, 5.74) is 0.601. The quantitative estimate of drug-likeness (QED) is 0.606. The van der Waals surface area contributed by atoms with E-state index in [9.17, 15) is 14.7 Å². The first-order valence-corrected chi connectivity index (χ1v) is 5.51. The molecule has 0 spiro atoms. The van der Waals surface area contributed by atoms with Crippen LogP contribution in [0.25, 0.3) is 0 Å². The second kappa shape index (κ2) is 5.65. The number of benzene rings is 1. The van der Waals surface area contributed by atoms with Gasteiger partial charge in [0, 0.05) is 6.92 Å². The molecule has 0 heterocycles. The van der Waals surface area contributed by atoms with E-state index >= 15 is 0 Å². The van der Waals surface area contributed by atoms with Gasteiger partial charge in [-0.05, 0) is 5.56 Å². The van der Waals surface area contributed by atoms with Crippen molar-refractivity contribution in [3.05, 3.63) is 35.9 Å². The zero-order valence-corrected chi connectivity index (χ0v) is 10.1. The number of hydrogen-bond acceptors (Lipinski definition) is 4. The fourth-order valence-electron chi connectivity index (χ4n) is 1.24. The minimum Gasteiger partial charge on any atom is -0.549 e. The highest BCUT2D eigenvalue weighted by molar-refractivity contribution is 9.10. The normalized spacial score (nSPS) is 13.9. The summed E-state index contributed by atoms with van der Waals surface area (Å²) in [5, 5.41) is 10.7. The van der Waals surface area contributed by atoms with Crippen LogP contribution in [0.5, 0.6) is 0 Å². The van der Waals surface area contributed by atoms with Crippen LogP contribution in [0.15, 0.2) is 30.3 Å². The van der Waals surface area contributed by atoms with E-state index in [0.29, 0.717) is 5.56 Å². The molecule has 0 saturated carbocycles. The van der Waals surface area contributed by atoms with Crippen molar-refractivity contribution >= 4 is 27.9 Å². The zero-order chi connectivity index (χ0) is 12.1. The molecule has 1 aromatic carbocycles. The summed E-state index contributed by atoms with van der Waals surface area (Å²) in [5.74, 6) is -1.87. The number of rotatable bonds is 4. The van der Waals surface area contributed by atoms with Gasteiger partial charge in [-0.1, -0.05) is 46.3 Å². The first-order chi connectivity index (χ1) is 7.52. The van der Waals surface area contributed by atoms with Crippen LogP contribution in [0.4, 0.5) is 0 Å². The molecule has 5 heteroatoms. The summed E-state index contributed by atoms with van der Waals surface area (Å²) in [6, 6.07) is 8.63. The lowest BCUT2D eigenvalue weighted by Crippen LogP contribution is -2.37. The number of carbonyl (C=O) groups excluding carboxylic acids is 2. The van der Waals surface area contributed by atoms with E-state index in [1.807, 2.05) is 0 Å². The standard InChI is InChI=1S/C11H11BrO4/c1-7(13)16-10(9(12)11(14)15)8-5-3-2-4-6-8/h2-6,9-10H,1H3,(H,14,15)/p-1. The summed E-state index contributed by atoms with van der Waals surface area (Å²) < 4.78 is 4.95. The van der Waals surface area contributed by atoms with Crippen LogP contribution >= 0.6 is 15.9 Å². The lowest BCUT2D eigenvalue weighted by molar-refractivity contribution is -0.306. The number of halogens is 1. The number of carboxylic acids is 1. The fraction of sp³-hybridized carbons (Fsp3) is 0.273. The maximum absolute atomic E-state index is 10.9. The van der Waals surface area contributed by atoms with E-state index in [4.69, 9.17) is 4.74 Å². The summed E-state index contributed by atoms with van der Waals surface area (Å²) >= 11 is 2.93. The van der Waals surface area contributed by atoms with E-state index in [1.165, 1.54) is 6.92 Å². The second-order valence-electron chi connectivity index (χ2n) is 3.16. The average Bonchev–Trinajstić information content (AvgIpc) is 2.26. The summed E-state index contributed by atoms with van der Waals surface area (Å²) in [7, 11) is 0. The lowest BCUT2D eigenvalue weighted by atomic mass is 10.1. The summed E-state index contributed by atoms with van der Waals surface area (Å²) in [4.78, 5) is 20.6. The molecular weight excluding hydrogens is 276 g/mol. The maximum Gasteiger partial charge on any atom is 0.303 e. The summed E-state index contributed by atoms with van der Waals surface area (Å²) in [6.07, 6.45) is -0.885. The van der Waals surface area contributed by atoms with Crippen LogP contribution in [-0.4, -0.2) is 16.8 Å². The average molecular weight is 286 g/mol. The first kappa shape index (κ1) is 12.7. The molecule has 0 aliphatic heterocycles. The Bertz CT molecular complexity index is 377. The molecule has 2 atom stereocenters. The van der Waals surface area contributed by atoms with Gasteiger partial charge >= 0.3 is 5.97 Å². The minimum absolute atomic E-state index is 0.542. The van der Waals surface area contributed by atoms with Crippen molar-refractivity contribution in [1.29, 1.82) is 0 Å². The highest BCUT2D eigenvalue weighted by atomic mass is 79.9. The number of ether oxygens (including phenoxy) is 1. The van der Waals surface area contributed by atoms with Crippen molar-refractivity contribution in [3.8, 4) is 0 Å². The summed E-state index contributed by atoms with van der Waals surface area (Å²) in [6.45, 7) is 1.23. The first-order valence-electron chi connectivity index (χ1n) is 4.59. The Labute approximate surface area is 101 Å². The molecule has 1 rings (SSSR count). The predicted molar refractivity (Wildman–Crippen MR) is 58.7 cm³/mol. The zero-order valence-electron chi connectivity index (χ0n) is 8.55. The van der Waals surface area contributed by atoms with Gasteiger partial charge in [0.1, 0.15) is 6.10 Å². The molecule has 0 aromatic heterocycles. The van der Waals surface area contributed by atoms with Gasteiger partial charge in [-0.2, -0.15) is 0 Å². The largest absolute Gasteiger partial charge is 0.549 e. The number of aliphatic carboxylic acids is 1. The predicted octanol–water partition coefficient (Wildman–Crippen LogP) is 0.804. The third-order valence-corrected chi connectivity index (χ3v) is 2.77. The number of alkyl halides is 1. The van der Waals surface area contributed by atoms with Gasteiger partial charge in [0.25, 0.3) is 0 Å². The molecule has 86 valence electrons. The molecule has 1 aromatic rings. The fourth-order valence-corrected chi connectivity index (χ4v) is 1.65. The Balaban J connectivity index is 2.96. The SMILES string of the molecule is CC(=O)OC(c1ccccc1)C(Br)C(=O)[O-]. The van der Waals surface area contributed by atoms with Gasteiger partial charge in [0.15, 0.2) is 0 Å². The maximum atomic E-state index is 10.9. The molecule has 4 nitrogen and oxygen atoms in total. The van der Waals surface area contributed by atoms with Crippen LogP contribution in [0, 0.1) is 0 Å². The van der Waals surface area contributed by atoms with Crippen LogP contribution in [0.3, 0.4) is 0 Å². The van der Waals surface area contributed by atoms with Crippen molar-refractivity contribution in [2.75, 3.05) is 0 Å². The van der Waals surface area contributed by atoms with Crippen molar-refractivity contribution in [1.82, 2.24) is 0 Å².